The summed E-state index contributed by atoms with van der Waals surface area (Å²) < 4.78 is 28.8. The minimum Gasteiger partial charge on any atom is -0.493 e. The summed E-state index contributed by atoms with van der Waals surface area (Å²) in [4.78, 5) is 36.8. The Morgan fingerprint density at radius 1 is 1.13 bits per heavy atom. The number of carbonyl (C=O) groups is 3. The van der Waals surface area contributed by atoms with Gasteiger partial charge in [0.25, 0.3) is 11.1 Å². The first-order valence-electron chi connectivity index (χ1n) is 8.78. The first-order valence-corrected chi connectivity index (χ1v) is 9.60. The summed E-state index contributed by atoms with van der Waals surface area (Å²) in [6.45, 7) is -0.283. The lowest BCUT2D eigenvalue weighted by Gasteiger charge is -2.12. The van der Waals surface area contributed by atoms with Crippen molar-refractivity contribution in [2.75, 3.05) is 20.8 Å². The molecule has 0 N–H and O–H groups in total. The third-order valence-electron chi connectivity index (χ3n) is 4.16. The van der Waals surface area contributed by atoms with Crippen LogP contribution in [-0.2, 0) is 20.9 Å². The molecule has 1 saturated heterocycles. The number of benzene rings is 2. The van der Waals surface area contributed by atoms with E-state index in [-0.39, 0.29) is 17.3 Å². The Balaban J connectivity index is 1.75. The summed E-state index contributed by atoms with van der Waals surface area (Å²) in [6.07, 6.45) is 1.53. The van der Waals surface area contributed by atoms with E-state index in [9.17, 15) is 18.8 Å². The van der Waals surface area contributed by atoms with Gasteiger partial charge in [-0.3, -0.25) is 19.3 Å². The summed E-state index contributed by atoms with van der Waals surface area (Å²) in [5.74, 6) is -0.743. The van der Waals surface area contributed by atoms with Crippen LogP contribution in [0.1, 0.15) is 11.1 Å². The molecule has 1 aliphatic rings. The molecule has 0 bridgehead atoms. The number of ether oxygens (including phenoxy) is 3. The van der Waals surface area contributed by atoms with E-state index in [0.717, 1.165) is 16.7 Å². The summed E-state index contributed by atoms with van der Waals surface area (Å²) >= 11 is 0.739. The van der Waals surface area contributed by atoms with Crippen LogP contribution in [0, 0.1) is 5.82 Å². The maximum Gasteiger partial charge on any atom is 0.325 e. The second kappa shape index (κ2) is 9.45. The largest absolute Gasteiger partial charge is 0.493 e. The quantitative estimate of drug-likeness (QED) is 0.489. The van der Waals surface area contributed by atoms with Crippen molar-refractivity contribution >= 4 is 35.0 Å². The molecule has 0 unspecified atom stereocenters. The summed E-state index contributed by atoms with van der Waals surface area (Å²) in [5.41, 5.74) is 1.27. The highest BCUT2D eigenvalue weighted by atomic mass is 32.2. The molecule has 0 radical (unpaired) electrons. The molecule has 7 nitrogen and oxygen atoms in total. The van der Waals surface area contributed by atoms with Crippen molar-refractivity contribution in [3.63, 3.8) is 0 Å². The number of methoxy groups -OCH3 is 2. The fourth-order valence-corrected chi connectivity index (χ4v) is 3.50. The molecule has 0 aliphatic carbocycles. The van der Waals surface area contributed by atoms with Crippen LogP contribution in [0.25, 0.3) is 6.08 Å². The highest BCUT2D eigenvalue weighted by molar-refractivity contribution is 8.18. The normalized spacial score (nSPS) is 14.9. The molecule has 0 atom stereocenters. The lowest BCUT2D eigenvalue weighted by atomic mass is 10.1. The molecule has 2 amide bonds. The molecule has 156 valence electrons. The summed E-state index contributed by atoms with van der Waals surface area (Å²) in [5, 5.41) is -0.543. The van der Waals surface area contributed by atoms with Crippen molar-refractivity contribution in [1.82, 2.24) is 4.90 Å². The van der Waals surface area contributed by atoms with Crippen molar-refractivity contribution in [1.29, 1.82) is 0 Å². The van der Waals surface area contributed by atoms with Gasteiger partial charge in [0.15, 0.2) is 11.5 Å². The van der Waals surface area contributed by atoms with E-state index in [2.05, 4.69) is 4.74 Å². The number of amides is 2. The van der Waals surface area contributed by atoms with Crippen molar-refractivity contribution in [3.8, 4) is 11.5 Å². The average Bonchev–Trinajstić information content (AvgIpc) is 2.99. The molecule has 2 aromatic carbocycles. The number of nitrogens with zero attached hydrogens (tertiary/aromatic N) is 1. The SMILES string of the molecule is COC(=O)CN1C(=O)SC(=Cc2ccc(OCc3cccc(F)c3)c(OC)c2)C1=O. The maximum atomic E-state index is 13.3. The van der Waals surface area contributed by atoms with Crippen LogP contribution in [0.5, 0.6) is 11.5 Å². The van der Waals surface area contributed by atoms with Crippen LogP contribution >= 0.6 is 11.8 Å². The topological polar surface area (TPSA) is 82.1 Å². The monoisotopic (exact) mass is 431 g/mol. The molecule has 0 saturated carbocycles. The van der Waals surface area contributed by atoms with Crippen molar-refractivity contribution in [2.24, 2.45) is 0 Å². The fraction of sp³-hybridized carbons (Fsp3) is 0.190. The van der Waals surface area contributed by atoms with Gasteiger partial charge in [0, 0.05) is 0 Å². The first-order chi connectivity index (χ1) is 14.4. The number of hydrogen-bond donors (Lipinski definition) is 0. The van der Waals surface area contributed by atoms with Gasteiger partial charge in [-0.15, -0.1) is 0 Å². The van der Waals surface area contributed by atoms with E-state index in [4.69, 9.17) is 9.47 Å². The van der Waals surface area contributed by atoms with Crippen LogP contribution in [0.15, 0.2) is 47.4 Å². The van der Waals surface area contributed by atoms with Gasteiger partial charge < -0.3 is 14.2 Å². The molecule has 30 heavy (non-hydrogen) atoms. The minimum atomic E-state index is -0.681. The maximum absolute atomic E-state index is 13.3. The molecule has 1 fully saturated rings. The number of thioether (sulfide) groups is 1. The summed E-state index contributed by atoms with van der Waals surface area (Å²) in [7, 11) is 2.65. The Kier molecular flexibility index (Phi) is 6.73. The van der Waals surface area contributed by atoms with E-state index in [1.807, 2.05) is 0 Å². The van der Waals surface area contributed by atoms with E-state index >= 15 is 0 Å². The third kappa shape index (κ3) is 4.98. The zero-order valence-electron chi connectivity index (χ0n) is 16.2. The van der Waals surface area contributed by atoms with E-state index in [1.54, 1.807) is 30.3 Å². The number of carbonyl (C=O) groups excluding carboxylic acids is 3. The van der Waals surface area contributed by atoms with E-state index < -0.39 is 23.7 Å². The van der Waals surface area contributed by atoms with Gasteiger partial charge in [0.05, 0.1) is 19.1 Å². The number of esters is 1. The smallest absolute Gasteiger partial charge is 0.325 e. The van der Waals surface area contributed by atoms with Gasteiger partial charge >= 0.3 is 5.97 Å². The van der Waals surface area contributed by atoms with Gasteiger partial charge in [0.1, 0.15) is 19.0 Å². The minimum absolute atomic E-state index is 0.153. The van der Waals surface area contributed by atoms with Gasteiger partial charge in [-0.25, -0.2) is 4.39 Å². The summed E-state index contributed by atoms with van der Waals surface area (Å²) in [6, 6.07) is 11.1. The first kappa shape index (κ1) is 21.4. The molecule has 0 aromatic heterocycles. The van der Waals surface area contributed by atoms with Crippen LogP contribution in [0.4, 0.5) is 9.18 Å². The Bertz CT molecular complexity index is 1020. The van der Waals surface area contributed by atoms with Gasteiger partial charge in [-0.2, -0.15) is 0 Å². The zero-order chi connectivity index (χ0) is 21.7. The second-order valence-corrected chi connectivity index (χ2v) is 7.17. The predicted molar refractivity (Wildman–Crippen MR) is 108 cm³/mol. The molecule has 0 spiro atoms. The van der Waals surface area contributed by atoms with Crippen molar-refractivity contribution < 1.29 is 33.0 Å². The molecule has 3 rings (SSSR count). The highest BCUT2D eigenvalue weighted by Gasteiger charge is 2.36. The molecular weight excluding hydrogens is 413 g/mol. The Labute approximate surface area is 176 Å². The number of halogens is 1. The van der Waals surface area contributed by atoms with Crippen LogP contribution in [-0.4, -0.2) is 42.8 Å². The van der Waals surface area contributed by atoms with E-state index in [0.29, 0.717) is 22.6 Å². The van der Waals surface area contributed by atoms with Gasteiger partial charge in [-0.1, -0.05) is 18.2 Å². The van der Waals surface area contributed by atoms with Gasteiger partial charge in [0.2, 0.25) is 0 Å². The highest BCUT2D eigenvalue weighted by Crippen LogP contribution is 2.34. The number of hydrogen-bond acceptors (Lipinski definition) is 7. The molecule has 9 heteroatoms. The van der Waals surface area contributed by atoms with Gasteiger partial charge in [-0.05, 0) is 53.2 Å². The molecular formula is C21H18FNO6S. The Morgan fingerprint density at radius 3 is 2.63 bits per heavy atom. The average molecular weight is 431 g/mol. The second-order valence-electron chi connectivity index (χ2n) is 6.17. The van der Waals surface area contributed by atoms with Crippen LogP contribution in [0.2, 0.25) is 0 Å². The molecule has 1 aliphatic heterocycles. The van der Waals surface area contributed by atoms with Crippen molar-refractivity contribution in [2.45, 2.75) is 6.61 Å². The number of imide groups is 1. The standard InChI is InChI=1S/C21H18FNO6S/c1-27-17-9-13(6-7-16(17)29-12-14-4-3-5-15(22)8-14)10-18-20(25)23(21(26)30-18)11-19(24)28-2/h3-10H,11-12H2,1-2H3. The number of rotatable bonds is 7. The molecule has 1 heterocycles. The van der Waals surface area contributed by atoms with Crippen LogP contribution in [0.3, 0.4) is 0 Å². The van der Waals surface area contributed by atoms with E-state index in [1.165, 1.54) is 32.4 Å². The Hall–Kier alpha value is -3.33. The lowest BCUT2D eigenvalue weighted by molar-refractivity contribution is -0.143. The lowest BCUT2D eigenvalue weighted by Crippen LogP contribution is -2.34. The predicted octanol–water partition coefficient (Wildman–Crippen LogP) is 3.62. The van der Waals surface area contributed by atoms with Crippen LogP contribution < -0.4 is 9.47 Å². The zero-order valence-corrected chi connectivity index (χ0v) is 17.0. The fourth-order valence-electron chi connectivity index (χ4n) is 2.66. The molecule has 2 aromatic rings. The third-order valence-corrected chi connectivity index (χ3v) is 5.06. The Morgan fingerprint density at radius 2 is 1.93 bits per heavy atom. The van der Waals surface area contributed by atoms with Crippen molar-refractivity contribution in [3.05, 3.63) is 64.3 Å².